The molecule has 0 saturated heterocycles. The lowest BCUT2D eigenvalue weighted by molar-refractivity contribution is -0.136. The van der Waals surface area contributed by atoms with E-state index in [-0.39, 0.29) is 12.3 Å². The van der Waals surface area contributed by atoms with Gasteiger partial charge in [0, 0.05) is 24.9 Å². The van der Waals surface area contributed by atoms with Crippen LogP contribution >= 0.6 is 0 Å². The lowest BCUT2D eigenvalue weighted by Gasteiger charge is -2.10. The number of terminal acetylenes is 1. The highest BCUT2D eigenvalue weighted by Crippen LogP contribution is 2.17. The number of nitrogens with one attached hydrogen (secondary N) is 1. The SMILES string of the molecule is C#CCCCCC(=O)Nc1ccccc1CCC(=O)O. The molecule has 0 spiro atoms. The molecule has 1 rings (SSSR count). The summed E-state index contributed by atoms with van der Waals surface area (Å²) in [6.07, 6.45) is 8.31. The normalized spacial score (nSPS) is 9.75. The number of carbonyl (C=O) groups excluding carboxylic acids is 1. The first kappa shape index (κ1) is 15.8. The van der Waals surface area contributed by atoms with Crippen LogP contribution in [-0.4, -0.2) is 17.0 Å². The van der Waals surface area contributed by atoms with Crippen LogP contribution in [0.2, 0.25) is 0 Å². The van der Waals surface area contributed by atoms with E-state index in [2.05, 4.69) is 11.2 Å². The Labute approximate surface area is 119 Å². The predicted molar refractivity (Wildman–Crippen MR) is 78.3 cm³/mol. The molecule has 20 heavy (non-hydrogen) atoms. The van der Waals surface area contributed by atoms with Crippen LogP contribution in [0.5, 0.6) is 0 Å². The molecule has 106 valence electrons. The second-order valence-electron chi connectivity index (χ2n) is 4.51. The van der Waals surface area contributed by atoms with Crippen molar-refractivity contribution >= 4 is 17.6 Å². The molecule has 0 aliphatic heterocycles. The molecule has 0 aliphatic rings. The maximum Gasteiger partial charge on any atom is 0.303 e. The van der Waals surface area contributed by atoms with Gasteiger partial charge in [0.15, 0.2) is 0 Å². The first-order valence-corrected chi connectivity index (χ1v) is 6.66. The minimum Gasteiger partial charge on any atom is -0.481 e. The zero-order valence-corrected chi connectivity index (χ0v) is 11.4. The molecule has 1 aromatic carbocycles. The fourth-order valence-electron chi connectivity index (χ4n) is 1.83. The van der Waals surface area contributed by atoms with E-state index in [1.54, 1.807) is 6.07 Å². The minimum absolute atomic E-state index is 0.0506. The van der Waals surface area contributed by atoms with E-state index in [1.807, 2.05) is 18.2 Å². The number of rotatable bonds is 8. The van der Waals surface area contributed by atoms with Gasteiger partial charge in [-0.2, -0.15) is 0 Å². The van der Waals surface area contributed by atoms with Gasteiger partial charge in [0.1, 0.15) is 0 Å². The molecule has 4 nitrogen and oxygen atoms in total. The fraction of sp³-hybridized carbons (Fsp3) is 0.375. The summed E-state index contributed by atoms with van der Waals surface area (Å²) in [6, 6.07) is 7.27. The summed E-state index contributed by atoms with van der Waals surface area (Å²) in [4.78, 5) is 22.4. The first-order valence-electron chi connectivity index (χ1n) is 6.66. The van der Waals surface area contributed by atoms with Crippen molar-refractivity contribution in [1.82, 2.24) is 0 Å². The highest BCUT2D eigenvalue weighted by molar-refractivity contribution is 5.91. The third-order valence-corrected chi connectivity index (χ3v) is 2.87. The summed E-state index contributed by atoms with van der Waals surface area (Å²) in [7, 11) is 0. The zero-order chi connectivity index (χ0) is 14.8. The molecule has 0 fully saturated rings. The topological polar surface area (TPSA) is 66.4 Å². The number of hydrogen-bond donors (Lipinski definition) is 2. The summed E-state index contributed by atoms with van der Waals surface area (Å²) in [6.45, 7) is 0. The van der Waals surface area contributed by atoms with Crippen LogP contribution in [-0.2, 0) is 16.0 Å². The van der Waals surface area contributed by atoms with Gasteiger partial charge in [-0.3, -0.25) is 9.59 Å². The number of anilines is 1. The summed E-state index contributed by atoms with van der Waals surface area (Å²) in [5.41, 5.74) is 1.53. The second kappa shape index (κ2) is 8.76. The maximum absolute atomic E-state index is 11.8. The molecular formula is C16H19NO3. The Bertz CT molecular complexity index is 503. The monoisotopic (exact) mass is 273 g/mol. The number of carboxylic acid groups (broad SMARTS) is 1. The van der Waals surface area contributed by atoms with Crippen molar-refractivity contribution < 1.29 is 14.7 Å². The standard InChI is InChI=1S/C16H19NO3/c1-2-3-4-5-10-15(18)17-14-9-7-6-8-13(14)11-12-16(19)20/h1,6-9H,3-5,10-12H2,(H,17,18)(H,19,20). The Morgan fingerprint density at radius 2 is 1.95 bits per heavy atom. The Kier molecular flexibility index (Phi) is 6.91. The Morgan fingerprint density at radius 1 is 1.20 bits per heavy atom. The summed E-state index contributed by atoms with van der Waals surface area (Å²) in [5.74, 6) is 1.63. The molecule has 0 bridgehead atoms. The summed E-state index contributed by atoms with van der Waals surface area (Å²) >= 11 is 0. The van der Waals surface area contributed by atoms with Crippen molar-refractivity contribution in [1.29, 1.82) is 0 Å². The van der Waals surface area contributed by atoms with Crippen LogP contribution in [0.1, 0.15) is 37.7 Å². The van der Waals surface area contributed by atoms with Crippen LogP contribution < -0.4 is 5.32 Å². The first-order chi connectivity index (χ1) is 9.63. The molecular weight excluding hydrogens is 254 g/mol. The van der Waals surface area contributed by atoms with Gasteiger partial charge in [-0.25, -0.2) is 0 Å². The van der Waals surface area contributed by atoms with Crippen molar-refractivity contribution in [2.45, 2.75) is 38.5 Å². The van der Waals surface area contributed by atoms with Gasteiger partial charge in [-0.1, -0.05) is 18.2 Å². The molecule has 0 radical (unpaired) electrons. The molecule has 0 aromatic heterocycles. The van der Waals surface area contributed by atoms with Gasteiger partial charge in [-0.05, 0) is 30.9 Å². The van der Waals surface area contributed by atoms with Crippen LogP contribution in [0, 0.1) is 12.3 Å². The van der Waals surface area contributed by atoms with Crippen LogP contribution in [0.25, 0.3) is 0 Å². The van der Waals surface area contributed by atoms with Gasteiger partial charge < -0.3 is 10.4 Å². The van der Waals surface area contributed by atoms with E-state index in [9.17, 15) is 9.59 Å². The summed E-state index contributed by atoms with van der Waals surface area (Å²) < 4.78 is 0. The fourth-order valence-corrected chi connectivity index (χ4v) is 1.83. The minimum atomic E-state index is -0.847. The number of para-hydroxylation sites is 1. The van der Waals surface area contributed by atoms with Crippen molar-refractivity contribution in [3.8, 4) is 12.3 Å². The van der Waals surface area contributed by atoms with E-state index in [1.165, 1.54) is 0 Å². The number of carboxylic acids is 1. The number of unbranched alkanes of at least 4 members (excludes halogenated alkanes) is 2. The van der Waals surface area contributed by atoms with E-state index < -0.39 is 5.97 Å². The molecule has 0 atom stereocenters. The zero-order valence-electron chi connectivity index (χ0n) is 11.4. The third kappa shape index (κ3) is 6.05. The van der Waals surface area contributed by atoms with Crippen LogP contribution in [0.15, 0.2) is 24.3 Å². The van der Waals surface area contributed by atoms with E-state index in [4.69, 9.17) is 11.5 Å². The van der Waals surface area contributed by atoms with Crippen LogP contribution in [0.3, 0.4) is 0 Å². The average molecular weight is 273 g/mol. The highest BCUT2D eigenvalue weighted by atomic mass is 16.4. The number of benzene rings is 1. The highest BCUT2D eigenvalue weighted by Gasteiger charge is 2.07. The Balaban J connectivity index is 2.51. The summed E-state index contributed by atoms with van der Waals surface area (Å²) in [5, 5.41) is 11.5. The van der Waals surface area contributed by atoms with Crippen molar-refractivity contribution in [2.24, 2.45) is 0 Å². The third-order valence-electron chi connectivity index (χ3n) is 2.87. The van der Waals surface area contributed by atoms with Crippen LogP contribution in [0.4, 0.5) is 5.69 Å². The number of hydrogen-bond acceptors (Lipinski definition) is 2. The number of amides is 1. The molecule has 2 N–H and O–H groups in total. The number of aliphatic carboxylic acids is 1. The lowest BCUT2D eigenvalue weighted by atomic mass is 10.1. The van der Waals surface area contributed by atoms with Gasteiger partial charge in [-0.15, -0.1) is 12.3 Å². The van der Waals surface area contributed by atoms with Crippen molar-refractivity contribution in [2.75, 3.05) is 5.32 Å². The molecule has 0 aliphatic carbocycles. The Hall–Kier alpha value is -2.28. The molecule has 1 aromatic rings. The molecule has 0 saturated carbocycles. The van der Waals surface area contributed by atoms with E-state index in [0.29, 0.717) is 24.9 Å². The van der Waals surface area contributed by atoms with Crippen molar-refractivity contribution in [3.05, 3.63) is 29.8 Å². The number of aryl methyl sites for hydroxylation is 1. The molecule has 0 heterocycles. The van der Waals surface area contributed by atoms with Gasteiger partial charge >= 0.3 is 5.97 Å². The molecule has 0 unspecified atom stereocenters. The Morgan fingerprint density at radius 3 is 2.65 bits per heavy atom. The number of carbonyl (C=O) groups is 2. The molecule has 1 amide bonds. The predicted octanol–water partition coefficient (Wildman–Crippen LogP) is 2.84. The van der Waals surface area contributed by atoms with E-state index in [0.717, 1.165) is 18.4 Å². The van der Waals surface area contributed by atoms with Gasteiger partial charge in [0.05, 0.1) is 0 Å². The average Bonchev–Trinajstić information content (AvgIpc) is 2.42. The lowest BCUT2D eigenvalue weighted by Crippen LogP contribution is -2.13. The molecule has 4 heteroatoms. The maximum atomic E-state index is 11.8. The second-order valence-corrected chi connectivity index (χ2v) is 4.51. The van der Waals surface area contributed by atoms with Gasteiger partial charge in [0.2, 0.25) is 5.91 Å². The van der Waals surface area contributed by atoms with Gasteiger partial charge in [0.25, 0.3) is 0 Å². The quantitative estimate of drug-likeness (QED) is 0.565. The van der Waals surface area contributed by atoms with Crippen molar-refractivity contribution in [3.63, 3.8) is 0 Å². The largest absolute Gasteiger partial charge is 0.481 e. The smallest absolute Gasteiger partial charge is 0.303 e. The van der Waals surface area contributed by atoms with E-state index >= 15 is 0 Å².